The highest BCUT2D eigenvalue weighted by molar-refractivity contribution is 7.89. The number of fused-ring (bicyclic) bond motifs is 1. The molecule has 212 valence electrons. The highest BCUT2D eigenvalue weighted by atomic mass is 32.2. The number of halogens is 3. The molecule has 2 aliphatic carbocycles. The summed E-state index contributed by atoms with van der Waals surface area (Å²) in [5.41, 5.74) is 6.99. The van der Waals surface area contributed by atoms with Crippen LogP contribution in [0.15, 0.2) is 29.3 Å². The van der Waals surface area contributed by atoms with Crippen molar-refractivity contribution >= 4 is 10.0 Å². The minimum atomic E-state index is -4.47. The monoisotopic (exact) mass is 552 g/mol. The SMILES string of the molecule is Cc1cccc(C2CCC(=C3C(C)N4CCCCN(S(=O)(=O)C5CCCCC5C(F)(F)F)C[C@H]34)CC2)c1C. The average molecular weight is 553 g/mol. The molecule has 1 aromatic carbocycles. The second-order valence-corrected chi connectivity index (χ2v) is 14.3. The molecule has 4 aliphatic rings. The predicted octanol–water partition coefficient (Wildman–Crippen LogP) is 6.88. The van der Waals surface area contributed by atoms with Crippen LogP contribution in [-0.4, -0.2) is 60.8 Å². The van der Waals surface area contributed by atoms with Crippen molar-refractivity contribution in [1.82, 2.24) is 9.21 Å². The Morgan fingerprint density at radius 1 is 0.921 bits per heavy atom. The molecule has 0 bridgehead atoms. The van der Waals surface area contributed by atoms with Crippen LogP contribution in [0.25, 0.3) is 0 Å². The summed E-state index contributed by atoms with van der Waals surface area (Å²) in [5, 5.41) is -1.34. The number of hydrogen-bond donors (Lipinski definition) is 0. The minimum Gasteiger partial charge on any atom is -0.289 e. The fraction of sp³-hybridized carbons (Fsp3) is 0.733. The zero-order valence-electron chi connectivity index (χ0n) is 23.1. The van der Waals surface area contributed by atoms with Gasteiger partial charge in [0.15, 0.2) is 0 Å². The second-order valence-electron chi connectivity index (χ2n) is 12.1. The van der Waals surface area contributed by atoms with Crippen molar-refractivity contribution in [3.63, 3.8) is 0 Å². The van der Waals surface area contributed by atoms with E-state index >= 15 is 0 Å². The van der Waals surface area contributed by atoms with Gasteiger partial charge in [-0.25, -0.2) is 8.42 Å². The summed E-state index contributed by atoms with van der Waals surface area (Å²) in [5.74, 6) is -1.20. The Hall–Kier alpha value is -1.38. The Bertz CT molecular complexity index is 1150. The second kappa shape index (κ2) is 10.9. The molecule has 5 rings (SSSR count). The Morgan fingerprint density at radius 2 is 1.61 bits per heavy atom. The van der Waals surface area contributed by atoms with E-state index in [1.165, 1.54) is 32.1 Å². The van der Waals surface area contributed by atoms with Crippen molar-refractivity contribution in [2.75, 3.05) is 19.6 Å². The van der Waals surface area contributed by atoms with Gasteiger partial charge in [0, 0.05) is 25.2 Å². The van der Waals surface area contributed by atoms with Crippen molar-refractivity contribution in [3.05, 3.63) is 46.0 Å². The van der Waals surface area contributed by atoms with Gasteiger partial charge in [0.2, 0.25) is 10.0 Å². The highest BCUT2D eigenvalue weighted by Crippen LogP contribution is 2.46. The van der Waals surface area contributed by atoms with Crippen molar-refractivity contribution in [2.24, 2.45) is 5.92 Å². The van der Waals surface area contributed by atoms with E-state index in [4.69, 9.17) is 0 Å². The molecular formula is C30H43F3N2O2S. The molecule has 0 amide bonds. The fourth-order valence-electron chi connectivity index (χ4n) is 7.81. The van der Waals surface area contributed by atoms with Gasteiger partial charge in [-0.3, -0.25) is 4.90 Å². The lowest BCUT2D eigenvalue weighted by molar-refractivity contribution is -0.180. The normalized spacial score (nSPS) is 32.3. The van der Waals surface area contributed by atoms with E-state index in [9.17, 15) is 21.6 Å². The smallest absolute Gasteiger partial charge is 0.289 e. The van der Waals surface area contributed by atoms with Crippen LogP contribution in [-0.2, 0) is 10.0 Å². The summed E-state index contributed by atoms with van der Waals surface area (Å²) in [4.78, 5) is 2.39. The van der Waals surface area contributed by atoms with Crippen LogP contribution in [0.2, 0.25) is 0 Å². The summed E-state index contributed by atoms with van der Waals surface area (Å²) in [6, 6.07) is 6.86. The fourth-order valence-corrected chi connectivity index (χ4v) is 10.1. The topological polar surface area (TPSA) is 40.6 Å². The first-order valence-electron chi connectivity index (χ1n) is 14.6. The van der Waals surface area contributed by atoms with E-state index < -0.39 is 27.4 Å². The quantitative estimate of drug-likeness (QED) is 0.384. The molecule has 2 aliphatic heterocycles. The van der Waals surface area contributed by atoms with Crippen molar-refractivity contribution < 1.29 is 21.6 Å². The maximum Gasteiger partial charge on any atom is 0.393 e. The Morgan fingerprint density at radius 3 is 2.32 bits per heavy atom. The number of aryl methyl sites for hydroxylation is 1. The van der Waals surface area contributed by atoms with Gasteiger partial charge in [-0.1, -0.05) is 36.6 Å². The van der Waals surface area contributed by atoms with Gasteiger partial charge in [-0.05, 0) is 107 Å². The average Bonchev–Trinajstić information content (AvgIpc) is 2.87. The van der Waals surface area contributed by atoms with E-state index in [1.807, 2.05) is 0 Å². The van der Waals surface area contributed by atoms with Crippen LogP contribution in [0.1, 0.15) is 93.7 Å². The number of sulfonamides is 1. The standard InChI is InChI=1S/C30H43F3N2O2S/c1-20-9-8-10-25(21(20)2)23-13-15-24(16-14-23)29-22(3)35-18-7-6-17-34(19-27(29)35)38(36,37)28-12-5-4-11-26(28)30(31,32)33/h8-10,22-23,26-28H,4-7,11-19H2,1-3H3/t22?,23?,26?,27-,28?/m1/s1. The molecule has 0 N–H and O–H groups in total. The van der Waals surface area contributed by atoms with Crippen molar-refractivity contribution in [2.45, 2.75) is 114 Å². The van der Waals surface area contributed by atoms with Gasteiger partial charge >= 0.3 is 6.18 Å². The van der Waals surface area contributed by atoms with Crippen molar-refractivity contribution in [1.29, 1.82) is 0 Å². The molecule has 2 heterocycles. The zero-order chi connectivity index (χ0) is 27.2. The molecule has 8 heteroatoms. The third-order valence-corrected chi connectivity index (χ3v) is 12.5. The van der Waals surface area contributed by atoms with Crippen LogP contribution >= 0.6 is 0 Å². The summed E-state index contributed by atoms with van der Waals surface area (Å²) >= 11 is 0. The minimum absolute atomic E-state index is 0.000239. The largest absolute Gasteiger partial charge is 0.393 e. The number of rotatable bonds is 3. The summed E-state index contributed by atoms with van der Waals surface area (Å²) < 4.78 is 70.5. The Kier molecular flexibility index (Phi) is 8.07. The van der Waals surface area contributed by atoms with Gasteiger partial charge in [0.25, 0.3) is 0 Å². The molecule has 4 nitrogen and oxygen atoms in total. The van der Waals surface area contributed by atoms with Gasteiger partial charge in [-0.2, -0.15) is 17.5 Å². The third kappa shape index (κ3) is 5.22. The van der Waals surface area contributed by atoms with Crippen LogP contribution < -0.4 is 0 Å². The van der Waals surface area contributed by atoms with E-state index in [2.05, 4.69) is 43.9 Å². The first-order chi connectivity index (χ1) is 18.0. The third-order valence-electron chi connectivity index (χ3n) is 10.1. The summed E-state index contributed by atoms with van der Waals surface area (Å²) in [7, 11) is -4.04. The number of allylic oxidation sites excluding steroid dienone is 1. The maximum atomic E-state index is 13.8. The molecule has 38 heavy (non-hydrogen) atoms. The lowest BCUT2D eigenvalue weighted by atomic mass is 9.73. The molecule has 2 saturated heterocycles. The molecule has 0 radical (unpaired) electrons. The molecule has 0 spiro atoms. The predicted molar refractivity (Wildman–Crippen MR) is 146 cm³/mol. The number of nitrogens with zero attached hydrogens (tertiary/aromatic N) is 2. The molecule has 4 fully saturated rings. The molecule has 1 aromatic rings. The highest BCUT2D eigenvalue weighted by Gasteiger charge is 2.53. The first-order valence-corrected chi connectivity index (χ1v) is 16.1. The number of benzene rings is 1. The van der Waals surface area contributed by atoms with Crippen LogP contribution in [0.4, 0.5) is 13.2 Å². The van der Waals surface area contributed by atoms with E-state index in [0.29, 0.717) is 38.3 Å². The van der Waals surface area contributed by atoms with Gasteiger partial charge in [0.1, 0.15) is 0 Å². The summed E-state index contributed by atoms with van der Waals surface area (Å²) in [6.07, 6.45) is 2.36. The molecule has 2 saturated carbocycles. The molecule has 4 atom stereocenters. The molecular weight excluding hydrogens is 509 g/mol. The molecule has 0 aromatic heterocycles. The number of hydrogen-bond acceptors (Lipinski definition) is 3. The van der Waals surface area contributed by atoms with E-state index in [0.717, 1.165) is 38.6 Å². The van der Waals surface area contributed by atoms with Crippen LogP contribution in [0.5, 0.6) is 0 Å². The first kappa shape index (κ1) is 28.2. The van der Waals surface area contributed by atoms with Gasteiger partial charge < -0.3 is 0 Å². The lowest BCUT2D eigenvalue weighted by Gasteiger charge is -2.54. The van der Waals surface area contributed by atoms with Crippen LogP contribution in [0, 0.1) is 19.8 Å². The Labute approximate surface area is 226 Å². The van der Waals surface area contributed by atoms with Crippen molar-refractivity contribution in [3.8, 4) is 0 Å². The molecule has 3 unspecified atom stereocenters. The van der Waals surface area contributed by atoms with Gasteiger partial charge in [0.05, 0.1) is 11.2 Å². The van der Waals surface area contributed by atoms with Crippen LogP contribution in [0.3, 0.4) is 0 Å². The zero-order valence-corrected chi connectivity index (χ0v) is 23.9. The van der Waals surface area contributed by atoms with E-state index in [-0.39, 0.29) is 24.9 Å². The number of alkyl halides is 3. The lowest BCUT2D eigenvalue weighted by Crippen LogP contribution is -2.63. The summed E-state index contributed by atoms with van der Waals surface area (Å²) in [6.45, 7) is 8.15. The van der Waals surface area contributed by atoms with E-state index in [1.54, 1.807) is 0 Å². The maximum absolute atomic E-state index is 13.8. The van der Waals surface area contributed by atoms with Gasteiger partial charge in [-0.15, -0.1) is 0 Å². The Balaban J connectivity index is 1.36.